The maximum absolute atomic E-state index is 12.2. The zero-order valence-corrected chi connectivity index (χ0v) is 13.0. The van der Waals surface area contributed by atoms with Gasteiger partial charge < -0.3 is 15.6 Å². The molecule has 1 aromatic carbocycles. The first kappa shape index (κ1) is 15.6. The summed E-state index contributed by atoms with van der Waals surface area (Å²) in [7, 11) is -3.68. The zero-order chi connectivity index (χ0) is 15.5. The van der Waals surface area contributed by atoms with E-state index in [4.69, 9.17) is 10.5 Å². The van der Waals surface area contributed by atoms with Gasteiger partial charge in [0.2, 0.25) is 0 Å². The molecule has 4 N–H and O–H groups in total. The van der Waals surface area contributed by atoms with Crippen LogP contribution in [0.5, 0.6) is 5.75 Å². The first-order valence-electron chi connectivity index (χ1n) is 6.19. The number of hydrogen-bond acceptors (Lipinski definition) is 6. The molecule has 8 heteroatoms. The molecular weight excluding hydrogens is 312 g/mol. The number of nitrogens with two attached hydrogens (primary N) is 1. The van der Waals surface area contributed by atoms with E-state index >= 15 is 0 Å². The highest BCUT2D eigenvalue weighted by Crippen LogP contribution is 2.27. The molecule has 0 saturated heterocycles. The van der Waals surface area contributed by atoms with E-state index in [1.807, 2.05) is 6.92 Å². The standard InChI is InChI=1S/C13H16N2O4S2/c1-2-19-12-4-3-11(5-9(12)7-16)15-21(17,18)13-6-10(14)8-20-13/h3-6,8,15-16H,2,7,14H2,1H3. The van der Waals surface area contributed by atoms with Crippen molar-refractivity contribution in [3.63, 3.8) is 0 Å². The third-order valence-corrected chi connectivity index (χ3v) is 5.48. The number of aliphatic hydroxyl groups excluding tert-OH is 1. The number of ether oxygens (including phenoxy) is 1. The van der Waals surface area contributed by atoms with Crippen molar-refractivity contribution in [2.45, 2.75) is 17.7 Å². The van der Waals surface area contributed by atoms with Crippen LogP contribution in [0, 0.1) is 0 Å². The highest BCUT2D eigenvalue weighted by atomic mass is 32.2. The van der Waals surface area contributed by atoms with Crippen molar-refractivity contribution in [1.82, 2.24) is 0 Å². The van der Waals surface area contributed by atoms with Crippen LogP contribution >= 0.6 is 11.3 Å². The van der Waals surface area contributed by atoms with Gasteiger partial charge >= 0.3 is 0 Å². The number of sulfonamides is 1. The average Bonchev–Trinajstić information content (AvgIpc) is 2.88. The van der Waals surface area contributed by atoms with E-state index < -0.39 is 10.0 Å². The topological polar surface area (TPSA) is 102 Å². The van der Waals surface area contributed by atoms with Crippen LogP contribution in [-0.2, 0) is 16.6 Å². The minimum absolute atomic E-state index is 0.138. The maximum Gasteiger partial charge on any atom is 0.271 e. The van der Waals surface area contributed by atoms with Crippen LogP contribution < -0.4 is 15.2 Å². The van der Waals surface area contributed by atoms with Crippen LogP contribution in [0.1, 0.15) is 12.5 Å². The third kappa shape index (κ3) is 3.66. The lowest BCUT2D eigenvalue weighted by molar-refractivity contribution is 0.267. The van der Waals surface area contributed by atoms with Gasteiger partial charge in [-0.2, -0.15) is 0 Å². The Balaban J connectivity index is 2.27. The minimum Gasteiger partial charge on any atom is -0.494 e. The normalized spacial score (nSPS) is 11.3. The monoisotopic (exact) mass is 328 g/mol. The van der Waals surface area contributed by atoms with E-state index in [0.29, 0.717) is 29.3 Å². The number of thiophene rings is 1. The summed E-state index contributed by atoms with van der Waals surface area (Å²) in [5.74, 6) is 0.531. The predicted octanol–water partition coefficient (Wildman–Crippen LogP) is 2.02. The van der Waals surface area contributed by atoms with Crippen molar-refractivity contribution in [3.05, 3.63) is 35.2 Å². The second-order valence-corrected chi connectivity index (χ2v) is 7.04. The Morgan fingerprint density at radius 1 is 1.38 bits per heavy atom. The summed E-state index contributed by atoms with van der Waals surface area (Å²) < 4.78 is 32.3. The van der Waals surface area contributed by atoms with Gasteiger partial charge in [0.05, 0.1) is 13.2 Å². The van der Waals surface area contributed by atoms with E-state index in [9.17, 15) is 13.5 Å². The largest absolute Gasteiger partial charge is 0.494 e. The van der Waals surface area contributed by atoms with Gasteiger partial charge in [0.15, 0.2) is 0 Å². The lowest BCUT2D eigenvalue weighted by Gasteiger charge is -2.11. The van der Waals surface area contributed by atoms with Crippen LogP contribution in [0.3, 0.4) is 0 Å². The number of aliphatic hydroxyl groups is 1. The fourth-order valence-electron chi connectivity index (χ4n) is 1.74. The second-order valence-electron chi connectivity index (χ2n) is 4.22. The first-order chi connectivity index (χ1) is 9.96. The van der Waals surface area contributed by atoms with Gasteiger partial charge in [-0.1, -0.05) is 0 Å². The number of nitrogens with one attached hydrogen (secondary N) is 1. The van der Waals surface area contributed by atoms with Crippen molar-refractivity contribution >= 4 is 32.7 Å². The van der Waals surface area contributed by atoms with Crippen molar-refractivity contribution in [3.8, 4) is 5.75 Å². The van der Waals surface area contributed by atoms with Crippen molar-refractivity contribution in [2.24, 2.45) is 0 Å². The van der Waals surface area contributed by atoms with Gasteiger partial charge in [0.1, 0.15) is 9.96 Å². The highest BCUT2D eigenvalue weighted by molar-refractivity contribution is 7.94. The molecule has 114 valence electrons. The molecule has 0 saturated carbocycles. The molecule has 0 aliphatic carbocycles. The molecule has 0 aliphatic rings. The predicted molar refractivity (Wildman–Crippen MR) is 83.1 cm³/mol. The average molecular weight is 328 g/mol. The summed E-state index contributed by atoms with van der Waals surface area (Å²) in [5, 5.41) is 10.9. The number of hydrogen-bond donors (Lipinski definition) is 3. The zero-order valence-electron chi connectivity index (χ0n) is 11.4. The molecule has 0 unspecified atom stereocenters. The SMILES string of the molecule is CCOc1ccc(NS(=O)(=O)c2cc(N)cs2)cc1CO. The Morgan fingerprint density at radius 3 is 2.71 bits per heavy atom. The summed E-state index contributed by atoms with van der Waals surface area (Å²) in [5.41, 5.74) is 6.81. The van der Waals surface area contributed by atoms with Gasteiger partial charge in [0, 0.05) is 22.3 Å². The smallest absolute Gasteiger partial charge is 0.271 e. The van der Waals surface area contributed by atoms with E-state index in [1.54, 1.807) is 23.6 Å². The molecule has 0 aliphatic heterocycles. The van der Waals surface area contributed by atoms with Gasteiger partial charge in [-0.25, -0.2) is 8.42 Å². The molecule has 21 heavy (non-hydrogen) atoms. The summed E-state index contributed by atoms with van der Waals surface area (Å²) in [6.45, 7) is 2.06. The molecule has 1 heterocycles. The molecule has 1 aromatic heterocycles. The Morgan fingerprint density at radius 2 is 2.14 bits per heavy atom. The summed E-state index contributed by atoms with van der Waals surface area (Å²) in [6.07, 6.45) is 0. The van der Waals surface area contributed by atoms with Crippen LogP contribution in [0.2, 0.25) is 0 Å². The molecule has 0 fully saturated rings. The van der Waals surface area contributed by atoms with Crippen LogP contribution in [0.25, 0.3) is 0 Å². The summed E-state index contributed by atoms with van der Waals surface area (Å²) in [6, 6.07) is 6.14. The Labute approximate surface area is 127 Å². The van der Waals surface area contributed by atoms with Gasteiger partial charge in [-0.15, -0.1) is 11.3 Å². The quantitative estimate of drug-likeness (QED) is 0.753. The Kier molecular flexibility index (Phi) is 4.71. The lowest BCUT2D eigenvalue weighted by atomic mass is 10.2. The summed E-state index contributed by atoms with van der Waals surface area (Å²) >= 11 is 1.05. The molecule has 0 bridgehead atoms. The highest BCUT2D eigenvalue weighted by Gasteiger charge is 2.17. The van der Waals surface area contributed by atoms with Crippen LogP contribution in [0.4, 0.5) is 11.4 Å². The number of benzene rings is 1. The molecule has 2 aromatic rings. The van der Waals surface area contributed by atoms with Crippen molar-refractivity contribution < 1.29 is 18.3 Å². The maximum atomic E-state index is 12.2. The Hall–Kier alpha value is -1.77. The lowest BCUT2D eigenvalue weighted by Crippen LogP contribution is -2.12. The number of nitrogen functional groups attached to an aromatic ring is 1. The van der Waals surface area contributed by atoms with E-state index in [2.05, 4.69) is 4.72 Å². The molecule has 0 amide bonds. The molecule has 6 nitrogen and oxygen atoms in total. The van der Waals surface area contributed by atoms with Gasteiger partial charge in [-0.3, -0.25) is 4.72 Å². The van der Waals surface area contributed by atoms with E-state index in [-0.39, 0.29) is 10.8 Å². The second kappa shape index (κ2) is 6.33. The fraction of sp³-hybridized carbons (Fsp3) is 0.231. The number of rotatable bonds is 6. The molecule has 0 spiro atoms. The molecule has 2 rings (SSSR count). The van der Waals surface area contributed by atoms with Crippen molar-refractivity contribution in [2.75, 3.05) is 17.1 Å². The van der Waals surface area contributed by atoms with Gasteiger partial charge in [0.25, 0.3) is 10.0 Å². The van der Waals surface area contributed by atoms with E-state index in [1.165, 1.54) is 6.07 Å². The summed E-state index contributed by atoms with van der Waals surface area (Å²) in [4.78, 5) is 0. The molecule has 0 atom stereocenters. The first-order valence-corrected chi connectivity index (χ1v) is 8.56. The minimum atomic E-state index is -3.68. The molecule has 0 radical (unpaired) electrons. The third-order valence-electron chi connectivity index (χ3n) is 2.64. The fourth-order valence-corrected chi connectivity index (χ4v) is 3.87. The van der Waals surface area contributed by atoms with E-state index in [0.717, 1.165) is 11.3 Å². The molecular formula is C13H16N2O4S2. The van der Waals surface area contributed by atoms with Crippen LogP contribution in [0.15, 0.2) is 33.9 Å². The van der Waals surface area contributed by atoms with Crippen LogP contribution in [-0.4, -0.2) is 20.1 Å². The Bertz CT molecular complexity index is 726. The number of anilines is 2. The van der Waals surface area contributed by atoms with Crippen molar-refractivity contribution in [1.29, 1.82) is 0 Å². The van der Waals surface area contributed by atoms with Gasteiger partial charge in [-0.05, 0) is 31.2 Å².